The van der Waals surface area contributed by atoms with Crippen LogP contribution in [0.25, 0.3) is 10.2 Å². The second-order valence-corrected chi connectivity index (χ2v) is 7.73. The van der Waals surface area contributed by atoms with Crippen LogP contribution in [0, 0.1) is 0 Å². The summed E-state index contributed by atoms with van der Waals surface area (Å²) in [5, 5.41) is 7.76. The maximum absolute atomic E-state index is 12.5. The summed E-state index contributed by atoms with van der Waals surface area (Å²) in [7, 11) is 0. The van der Waals surface area contributed by atoms with Crippen LogP contribution in [0.15, 0.2) is 36.4 Å². The zero-order valence-electron chi connectivity index (χ0n) is 14.3. The van der Waals surface area contributed by atoms with E-state index >= 15 is 0 Å². The van der Waals surface area contributed by atoms with Gasteiger partial charge in [-0.1, -0.05) is 60.4 Å². The predicted molar refractivity (Wildman–Crippen MR) is 112 cm³/mol. The van der Waals surface area contributed by atoms with Crippen molar-refractivity contribution in [3.63, 3.8) is 0 Å². The van der Waals surface area contributed by atoms with Gasteiger partial charge in [0, 0.05) is 12.2 Å². The molecule has 1 amide bonds. The van der Waals surface area contributed by atoms with E-state index in [1.807, 2.05) is 18.2 Å². The topological polar surface area (TPSA) is 54.0 Å². The number of aromatic nitrogens is 1. The maximum Gasteiger partial charge on any atom is 0.258 e. The van der Waals surface area contributed by atoms with Gasteiger partial charge in [0.15, 0.2) is 5.13 Å². The van der Waals surface area contributed by atoms with Gasteiger partial charge in [-0.05, 0) is 36.8 Å². The fourth-order valence-electron chi connectivity index (χ4n) is 2.56. The number of amides is 1. The Hall–Kier alpha value is -1.82. The van der Waals surface area contributed by atoms with E-state index in [1.54, 1.807) is 29.5 Å². The van der Waals surface area contributed by atoms with Gasteiger partial charge in [-0.25, -0.2) is 4.98 Å². The summed E-state index contributed by atoms with van der Waals surface area (Å²) in [6.45, 7) is 3.10. The van der Waals surface area contributed by atoms with Crippen LogP contribution >= 0.6 is 34.5 Å². The SMILES string of the molecule is CCCCCNc1nc2ccc(NC(=O)c3c(Cl)cccc3Cl)cc2s1. The number of fused-ring (bicyclic) bond motifs is 1. The summed E-state index contributed by atoms with van der Waals surface area (Å²) in [5.74, 6) is -0.331. The van der Waals surface area contributed by atoms with E-state index < -0.39 is 0 Å². The minimum atomic E-state index is -0.331. The third-order valence-electron chi connectivity index (χ3n) is 3.89. The molecule has 0 spiro atoms. The van der Waals surface area contributed by atoms with Gasteiger partial charge in [0.1, 0.15) is 0 Å². The molecule has 26 heavy (non-hydrogen) atoms. The Bertz CT molecular complexity index is 906. The number of benzene rings is 2. The Kier molecular flexibility index (Phi) is 6.35. The lowest BCUT2D eigenvalue weighted by Crippen LogP contribution is -2.13. The zero-order chi connectivity index (χ0) is 18.5. The highest BCUT2D eigenvalue weighted by Gasteiger charge is 2.15. The van der Waals surface area contributed by atoms with Gasteiger partial charge in [-0.3, -0.25) is 4.79 Å². The van der Waals surface area contributed by atoms with E-state index in [1.165, 1.54) is 12.8 Å². The molecule has 0 fully saturated rings. The van der Waals surface area contributed by atoms with Crippen molar-refractivity contribution in [2.45, 2.75) is 26.2 Å². The predicted octanol–water partition coefficient (Wildman–Crippen LogP) is 6.46. The first-order valence-electron chi connectivity index (χ1n) is 8.48. The number of unbranched alkanes of at least 4 members (excludes halogenated alkanes) is 2. The van der Waals surface area contributed by atoms with Gasteiger partial charge in [-0.2, -0.15) is 0 Å². The van der Waals surface area contributed by atoms with Crippen LogP contribution in [0.4, 0.5) is 10.8 Å². The van der Waals surface area contributed by atoms with Crippen LogP contribution in [-0.4, -0.2) is 17.4 Å². The molecule has 0 aliphatic carbocycles. The lowest BCUT2D eigenvalue weighted by atomic mass is 10.2. The van der Waals surface area contributed by atoms with Gasteiger partial charge < -0.3 is 10.6 Å². The molecule has 3 aromatic rings. The highest BCUT2D eigenvalue weighted by molar-refractivity contribution is 7.22. The molecule has 0 saturated carbocycles. The quantitative estimate of drug-likeness (QED) is 0.441. The summed E-state index contributed by atoms with van der Waals surface area (Å²) in [6.07, 6.45) is 3.53. The number of thiazole rings is 1. The molecule has 1 heterocycles. The molecule has 4 nitrogen and oxygen atoms in total. The fraction of sp³-hybridized carbons (Fsp3) is 0.263. The van der Waals surface area contributed by atoms with Crippen molar-refractivity contribution in [2.24, 2.45) is 0 Å². The largest absolute Gasteiger partial charge is 0.361 e. The smallest absolute Gasteiger partial charge is 0.258 e. The third kappa shape index (κ3) is 4.47. The van der Waals surface area contributed by atoms with Crippen molar-refractivity contribution in [2.75, 3.05) is 17.2 Å². The number of nitrogens with zero attached hydrogens (tertiary/aromatic N) is 1. The molecule has 1 aromatic heterocycles. The summed E-state index contributed by atoms with van der Waals surface area (Å²) in [6, 6.07) is 10.6. The molecule has 2 aromatic carbocycles. The zero-order valence-corrected chi connectivity index (χ0v) is 16.6. The van der Waals surface area contributed by atoms with Crippen LogP contribution < -0.4 is 10.6 Å². The Morgan fingerprint density at radius 1 is 1.15 bits per heavy atom. The maximum atomic E-state index is 12.5. The number of rotatable bonds is 7. The minimum absolute atomic E-state index is 0.276. The van der Waals surface area contributed by atoms with Crippen molar-refractivity contribution < 1.29 is 4.79 Å². The second-order valence-electron chi connectivity index (χ2n) is 5.89. The van der Waals surface area contributed by atoms with Crippen LogP contribution in [0.2, 0.25) is 10.0 Å². The Morgan fingerprint density at radius 2 is 1.92 bits per heavy atom. The molecule has 0 unspecified atom stereocenters. The highest BCUT2D eigenvalue weighted by Crippen LogP contribution is 2.30. The molecule has 0 aliphatic rings. The van der Waals surface area contributed by atoms with Crippen molar-refractivity contribution in [3.8, 4) is 0 Å². The van der Waals surface area contributed by atoms with Gasteiger partial charge >= 0.3 is 0 Å². The second kappa shape index (κ2) is 8.71. The standard InChI is InChI=1S/C19H19Cl2N3OS/c1-2-3-4-10-22-19-24-15-9-8-12(11-16(15)26-19)23-18(25)17-13(20)6-5-7-14(17)21/h5-9,11H,2-4,10H2,1H3,(H,22,24)(H,23,25). The summed E-state index contributed by atoms with van der Waals surface area (Å²) in [5.41, 5.74) is 1.86. The number of nitrogens with one attached hydrogen (secondary N) is 2. The van der Waals surface area contributed by atoms with Crippen LogP contribution in [0.1, 0.15) is 36.5 Å². The summed E-state index contributed by atoms with van der Waals surface area (Å²) >= 11 is 13.8. The lowest BCUT2D eigenvalue weighted by molar-refractivity contribution is 0.102. The number of halogens is 2. The Morgan fingerprint density at radius 3 is 2.65 bits per heavy atom. The molecule has 0 atom stereocenters. The molecule has 7 heteroatoms. The van der Waals surface area contributed by atoms with Crippen molar-refractivity contribution in [1.29, 1.82) is 0 Å². The molecule has 0 saturated heterocycles. The first-order chi connectivity index (χ1) is 12.6. The number of hydrogen-bond donors (Lipinski definition) is 2. The molecule has 0 bridgehead atoms. The molecule has 3 rings (SSSR count). The van der Waals surface area contributed by atoms with Gasteiger partial charge in [-0.15, -0.1) is 0 Å². The molecule has 0 aliphatic heterocycles. The number of anilines is 2. The van der Waals surface area contributed by atoms with Crippen molar-refractivity contribution in [3.05, 3.63) is 52.0 Å². The number of hydrogen-bond acceptors (Lipinski definition) is 4. The van der Waals surface area contributed by atoms with Crippen LogP contribution in [0.5, 0.6) is 0 Å². The first kappa shape index (κ1) is 19.0. The molecular formula is C19H19Cl2N3OS. The number of carbonyl (C=O) groups is 1. The fourth-order valence-corrected chi connectivity index (χ4v) is 4.06. The van der Waals surface area contributed by atoms with E-state index in [2.05, 4.69) is 22.5 Å². The van der Waals surface area contributed by atoms with Crippen molar-refractivity contribution in [1.82, 2.24) is 4.98 Å². The molecule has 136 valence electrons. The van der Waals surface area contributed by atoms with E-state index in [-0.39, 0.29) is 11.5 Å². The normalized spacial score (nSPS) is 10.9. The van der Waals surface area contributed by atoms with Crippen LogP contribution in [0.3, 0.4) is 0 Å². The van der Waals surface area contributed by atoms with Crippen LogP contribution in [-0.2, 0) is 0 Å². The van der Waals surface area contributed by atoms with E-state index in [0.717, 1.165) is 28.3 Å². The minimum Gasteiger partial charge on any atom is -0.361 e. The molecule has 0 radical (unpaired) electrons. The first-order valence-corrected chi connectivity index (χ1v) is 10.1. The lowest BCUT2D eigenvalue weighted by Gasteiger charge is -2.08. The average Bonchev–Trinajstić information content (AvgIpc) is 3.00. The monoisotopic (exact) mass is 407 g/mol. The van der Waals surface area contributed by atoms with E-state index in [9.17, 15) is 4.79 Å². The number of carbonyl (C=O) groups excluding carboxylic acids is 1. The Labute approximate surface area is 166 Å². The highest BCUT2D eigenvalue weighted by atomic mass is 35.5. The van der Waals surface area contributed by atoms with Gasteiger partial charge in [0.05, 0.1) is 25.8 Å². The Balaban J connectivity index is 1.73. The van der Waals surface area contributed by atoms with E-state index in [4.69, 9.17) is 23.2 Å². The molecule has 2 N–H and O–H groups in total. The summed E-state index contributed by atoms with van der Waals surface area (Å²) in [4.78, 5) is 17.1. The average molecular weight is 408 g/mol. The van der Waals surface area contributed by atoms with Gasteiger partial charge in [0.2, 0.25) is 0 Å². The molecular weight excluding hydrogens is 389 g/mol. The van der Waals surface area contributed by atoms with E-state index in [0.29, 0.717) is 15.7 Å². The third-order valence-corrected chi connectivity index (χ3v) is 5.50. The van der Waals surface area contributed by atoms with Gasteiger partial charge in [0.25, 0.3) is 5.91 Å². The summed E-state index contributed by atoms with van der Waals surface area (Å²) < 4.78 is 1.01. The van der Waals surface area contributed by atoms with Crippen molar-refractivity contribution >= 4 is 61.5 Å².